The van der Waals surface area contributed by atoms with Gasteiger partial charge in [-0.15, -0.1) is 0 Å². The SMILES string of the molecule is CCC(OC)C(=O)c1ccc(OC)c(F)c1. The average molecular weight is 226 g/mol. The molecule has 1 aromatic carbocycles. The molecule has 4 heteroatoms. The van der Waals surface area contributed by atoms with Gasteiger partial charge in [-0.3, -0.25) is 4.79 Å². The molecule has 1 unspecified atom stereocenters. The van der Waals surface area contributed by atoms with Crippen molar-refractivity contribution in [2.24, 2.45) is 0 Å². The number of hydrogen-bond acceptors (Lipinski definition) is 3. The lowest BCUT2D eigenvalue weighted by Crippen LogP contribution is -2.22. The van der Waals surface area contributed by atoms with Gasteiger partial charge in [-0.05, 0) is 24.6 Å². The molecule has 0 fully saturated rings. The fraction of sp³-hybridized carbons (Fsp3) is 0.417. The number of rotatable bonds is 5. The van der Waals surface area contributed by atoms with Crippen LogP contribution in [0, 0.1) is 5.82 Å². The van der Waals surface area contributed by atoms with Crippen LogP contribution >= 0.6 is 0 Å². The molecule has 0 aliphatic rings. The van der Waals surface area contributed by atoms with E-state index in [4.69, 9.17) is 9.47 Å². The maximum atomic E-state index is 13.4. The van der Waals surface area contributed by atoms with E-state index in [1.54, 1.807) is 0 Å². The van der Waals surface area contributed by atoms with Gasteiger partial charge in [0.25, 0.3) is 0 Å². The number of halogens is 1. The molecule has 0 bridgehead atoms. The normalized spacial score (nSPS) is 12.2. The molecular weight excluding hydrogens is 211 g/mol. The van der Waals surface area contributed by atoms with E-state index >= 15 is 0 Å². The Labute approximate surface area is 94.2 Å². The third-order valence-corrected chi connectivity index (χ3v) is 2.38. The molecule has 0 amide bonds. The van der Waals surface area contributed by atoms with E-state index in [0.29, 0.717) is 12.0 Å². The van der Waals surface area contributed by atoms with Gasteiger partial charge in [0.2, 0.25) is 0 Å². The minimum atomic E-state index is -0.542. The van der Waals surface area contributed by atoms with Crippen LogP contribution in [0.3, 0.4) is 0 Å². The Morgan fingerprint density at radius 2 is 2.12 bits per heavy atom. The monoisotopic (exact) mass is 226 g/mol. The van der Waals surface area contributed by atoms with Gasteiger partial charge in [0.15, 0.2) is 17.3 Å². The lowest BCUT2D eigenvalue weighted by Gasteiger charge is -2.12. The zero-order valence-corrected chi connectivity index (χ0v) is 9.62. The van der Waals surface area contributed by atoms with Crippen molar-refractivity contribution in [1.29, 1.82) is 0 Å². The summed E-state index contributed by atoms with van der Waals surface area (Å²) in [5.74, 6) is -0.632. The predicted molar refractivity (Wildman–Crippen MR) is 58.4 cm³/mol. The molecule has 3 nitrogen and oxygen atoms in total. The van der Waals surface area contributed by atoms with Crippen molar-refractivity contribution in [3.05, 3.63) is 29.6 Å². The quantitative estimate of drug-likeness (QED) is 0.723. The number of ether oxygens (including phenoxy) is 2. The van der Waals surface area contributed by atoms with Gasteiger partial charge < -0.3 is 9.47 Å². The number of benzene rings is 1. The van der Waals surface area contributed by atoms with Crippen LogP contribution in [0.2, 0.25) is 0 Å². The summed E-state index contributed by atoms with van der Waals surface area (Å²) < 4.78 is 23.1. The summed E-state index contributed by atoms with van der Waals surface area (Å²) >= 11 is 0. The van der Waals surface area contributed by atoms with Gasteiger partial charge in [-0.2, -0.15) is 0 Å². The first-order valence-electron chi connectivity index (χ1n) is 5.04. The minimum absolute atomic E-state index is 0.127. The Kier molecular flexibility index (Phi) is 4.43. The number of hydrogen-bond donors (Lipinski definition) is 0. The van der Waals surface area contributed by atoms with Gasteiger partial charge >= 0.3 is 0 Å². The van der Waals surface area contributed by atoms with Crippen LogP contribution in [-0.2, 0) is 4.74 Å². The van der Waals surface area contributed by atoms with Crippen molar-refractivity contribution in [1.82, 2.24) is 0 Å². The van der Waals surface area contributed by atoms with Crippen molar-refractivity contribution in [2.75, 3.05) is 14.2 Å². The van der Waals surface area contributed by atoms with Gasteiger partial charge in [-0.25, -0.2) is 4.39 Å². The Bertz CT molecular complexity index is 373. The second-order valence-electron chi connectivity index (χ2n) is 3.35. The zero-order valence-electron chi connectivity index (χ0n) is 9.62. The van der Waals surface area contributed by atoms with Crippen LogP contribution in [0.15, 0.2) is 18.2 Å². The second-order valence-corrected chi connectivity index (χ2v) is 3.35. The molecule has 0 N–H and O–H groups in total. The highest BCUT2D eigenvalue weighted by Gasteiger charge is 2.18. The van der Waals surface area contributed by atoms with Crippen molar-refractivity contribution in [3.63, 3.8) is 0 Å². The van der Waals surface area contributed by atoms with E-state index in [0.717, 1.165) is 0 Å². The molecule has 0 heterocycles. The Hall–Kier alpha value is -1.42. The largest absolute Gasteiger partial charge is 0.494 e. The highest BCUT2D eigenvalue weighted by atomic mass is 19.1. The van der Waals surface area contributed by atoms with E-state index in [1.807, 2.05) is 6.92 Å². The molecule has 0 aromatic heterocycles. The van der Waals surface area contributed by atoms with Crippen molar-refractivity contribution in [2.45, 2.75) is 19.4 Å². The van der Waals surface area contributed by atoms with Crippen molar-refractivity contribution >= 4 is 5.78 Å². The topological polar surface area (TPSA) is 35.5 Å². The van der Waals surface area contributed by atoms with Crippen molar-refractivity contribution < 1.29 is 18.7 Å². The Morgan fingerprint density at radius 1 is 1.44 bits per heavy atom. The number of Topliss-reactive ketones (excluding diaryl/α,β-unsaturated/α-hetero) is 1. The van der Waals surface area contributed by atoms with Gasteiger partial charge in [0.1, 0.15) is 6.10 Å². The standard InChI is InChI=1S/C12H15FO3/c1-4-10(15-2)12(14)8-5-6-11(16-3)9(13)7-8/h5-7,10H,4H2,1-3H3. The van der Waals surface area contributed by atoms with E-state index < -0.39 is 11.9 Å². The molecule has 0 radical (unpaired) electrons. The van der Waals surface area contributed by atoms with Crippen LogP contribution in [0.4, 0.5) is 4.39 Å². The van der Waals surface area contributed by atoms with Gasteiger partial charge in [0.05, 0.1) is 7.11 Å². The fourth-order valence-corrected chi connectivity index (χ4v) is 1.46. The van der Waals surface area contributed by atoms with E-state index in [-0.39, 0.29) is 11.5 Å². The summed E-state index contributed by atoms with van der Waals surface area (Å²) in [5.41, 5.74) is 0.298. The lowest BCUT2D eigenvalue weighted by molar-refractivity contribution is 0.0595. The smallest absolute Gasteiger partial charge is 0.191 e. The summed E-state index contributed by atoms with van der Waals surface area (Å²) in [6.45, 7) is 1.84. The van der Waals surface area contributed by atoms with Crippen LogP contribution in [-0.4, -0.2) is 26.1 Å². The van der Waals surface area contributed by atoms with Crippen LogP contribution < -0.4 is 4.74 Å². The maximum Gasteiger partial charge on any atom is 0.191 e. The van der Waals surface area contributed by atoms with Crippen LogP contribution in [0.5, 0.6) is 5.75 Å². The number of methoxy groups -OCH3 is 2. The molecule has 1 aromatic rings. The predicted octanol–water partition coefficient (Wildman–Crippen LogP) is 2.44. The highest BCUT2D eigenvalue weighted by molar-refractivity contribution is 5.99. The number of ketones is 1. The summed E-state index contributed by atoms with van der Waals surface area (Å²) in [6.07, 6.45) is 0.0380. The van der Waals surface area contributed by atoms with Gasteiger partial charge in [-0.1, -0.05) is 6.92 Å². The van der Waals surface area contributed by atoms with E-state index in [2.05, 4.69) is 0 Å². The van der Waals surface area contributed by atoms with Crippen molar-refractivity contribution in [3.8, 4) is 5.75 Å². The molecule has 1 atom stereocenters. The number of carbonyl (C=O) groups is 1. The molecule has 88 valence electrons. The zero-order chi connectivity index (χ0) is 12.1. The summed E-state index contributed by atoms with van der Waals surface area (Å²) in [5, 5.41) is 0. The molecular formula is C12H15FO3. The Balaban J connectivity index is 2.96. The second kappa shape index (κ2) is 5.61. The van der Waals surface area contributed by atoms with Gasteiger partial charge in [0, 0.05) is 12.7 Å². The van der Waals surface area contributed by atoms with Crippen LogP contribution in [0.25, 0.3) is 0 Å². The van der Waals surface area contributed by atoms with E-state index in [9.17, 15) is 9.18 Å². The number of carbonyl (C=O) groups excluding carboxylic acids is 1. The lowest BCUT2D eigenvalue weighted by atomic mass is 10.0. The maximum absolute atomic E-state index is 13.4. The third kappa shape index (κ3) is 2.58. The van der Waals surface area contributed by atoms with E-state index in [1.165, 1.54) is 32.4 Å². The average Bonchev–Trinajstić information content (AvgIpc) is 2.30. The molecule has 0 aliphatic heterocycles. The Morgan fingerprint density at radius 3 is 2.56 bits per heavy atom. The fourth-order valence-electron chi connectivity index (χ4n) is 1.46. The summed E-state index contributed by atoms with van der Waals surface area (Å²) in [7, 11) is 2.84. The minimum Gasteiger partial charge on any atom is -0.494 e. The first kappa shape index (κ1) is 12.6. The highest BCUT2D eigenvalue weighted by Crippen LogP contribution is 2.19. The molecule has 0 aliphatic carbocycles. The molecule has 0 spiro atoms. The van der Waals surface area contributed by atoms with Crippen LogP contribution in [0.1, 0.15) is 23.7 Å². The third-order valence-electron chi connectivity index (χ3n) is 2.38. The molecule has 0 saturated heterocycles. The first-order valence-corrected chi connectivity index (χ1v) is 5.04. The molecule has 1 rings (SSSR count). The summed E-state index contributed by atoms with van der Waals surface area (Å²) in [4.78, 5) is 11.8. The summed E-state index contributed by atoms with van der Waals surface area (Å²) in [6, 6.07) is 4.14. The molecule has 0 saturated carbocycles. The molecule has 16 heavy (non-hydrogen) atoms. The first-order chi connectivity index (χ1) is 7.63.